The summed E-state index contributed by atoms with van der Waals surface area (Å²) in [5.41, 5.74) is 1.35. The van der Waals surface area contributed by atoms with E-state index >= 15 is 0 Å². The molecule has 5 nitrogen and oxygen atoms in total. The Hall–Kier alpha value is -1.59. The second-order valence-corrected chi connectivity index (χ2v) is 6.92. The summed E-state index contributed by atoms with van der Waals surface area (Å²) in [7, 11) is 0. The second-order valence-electron chi connectivity index (χ2n) is 6.92. The Labute approximate surface area is 152 Å². The molecule has 1 aliphatic heterocycles. The van der Waals surface area contributed by atoms with E-state index < -0.39 is 0 Å². The Balaban J connectivity index is 1.87. The summed E-state index contributed by atoms with van der Waals surface area (Å²) in [4.78, 5) is 7.29. The van der Waals surface area contributed by atoms with Gasteiger partial charge in [0, 0.05) is 31.7 Å². The van der Waals surface area contributed by atoms with Crippen molar-refractivity contribution in [1.82, 2.24) is 15.5 Å². The zero-order valence-electron chi connectivity index (χ0n) is 16.2. The van der Waals surface area contributed by atoms with Crippen molar-refractivity contribution in [2.75, 3.05) is 39.4 Å². The highest BCUT2D eigenvalue weighted by molar-refractivity contribution is 5.79. The first-order valence-corrected chi connectivity index (χ1v) is 9.52. The van der Waals surface area contributed by atoms with Gasteiger partial charge in [0.1, 0.15) is 0 Å². The summed E-state index contributed by atoms with van der Waals surface area (Å²) in [6.45, 7) is 14.0. The van der Waals surface area contributed by atoms with E-state index in [1.54, 1.807) is 0 Å². The van der Waals surface area contributed by atoms with Crippen molar-refractivity contribution in [3.05, 3.63) is 35.9 Å². The first kappa shape index (κ1) is 19.7. The normalized spacial score (nSPS) is 21.6. The highest BCUT2D eigenvalue weighted by Crippen LogP contribution is 2.13. The maximum Gasteiger partial charge on any atom is 0.191 e. The van der Waals surface area contributed by atoms with Crippen LogP contribution in [0.25, 0.3) is 0 Å². The number of hydrogen-bond acceptors (Lipinski definition) is 3. The van der Waals surface area contributed by atoms with Crippen molar-refractivity contribution < 1.29 is 4.74 Å². The van der Waals surface area contributed by atoms with Crippen LogP contribution in [0.1, 0.15) is 39.2 Å². The van der Waals surface area contributed by atoms with Crippen LogP contribution >= 0.6 is 0 Å². The standard InChI is InChI=1S/C20H34N4O/c1-5-21-20(22-13-16(2)19-9-7-6-8-10-19)23-14-17(3)24-11-12-25-15-18(24)4/h6-10,16-18H,5,11-15H2,1-4H3,(H2,21,22,23). The Morgan fingerprint density at radius 1 is 1.28 bits per heavy atom. The minimum absolute atomic E-state index is 0.418. The number of rotatable bonds is 7. The number of morpholine rings is 1. The molecular formula is C20H34N4O. The first-order chi connectivity index (χ1) is 12.1. The molecule has 0 aliphatic carbocycles. The molecule has 0 bridgehead atoms. The zero-order chi connectivity index (χ0) is 18.1. The average molecular weight is 347 g/mol. The molecule has 1 heterocycles. The minimum Gasteiger partial charge on any atom is -0.379 e. The molecule has 140 valence electrons. The summed E-state index contributed by atoms with van der Waals surface area (Å²) in [5, 5.41) is 6.84. The van der Waals surface area contributed by atoms with Crippen molar-refractivity contribution in [2.24, 2.45) is 4.99 Å². The lowest BCUT2D eigenvalue weighted by atomic mass is 10.0. The molecule has 3 unspecified atom stereocenters. The highest BCUT2D eigenvalue weighted by atomic mass is 16.5. The van der Waals surface area contributed by atoms with Gasteiger partial charge in [-0.2, -0.15) is 0 Å². The van der Waals surface area contributed by atoms with Gasteiger partial charge in [-0.15, -0.1) is 0 Å². The van der Waals surface area contributed by atoms with Gasteiger partial charge in [-0.25, -0.2) is 0 Å². The summed E-state index contributed by atoms with van der Waals surface area (Å²) >= 11 is 0. The third-order valence-corrected chi connectivity index (χ3v) is 4.79. The van der Waals surface area contributed by atoms with E-state index in [1.165, 1.54) is 5.56 Å². The van der Waals surface area contributed by atoms with Crippen molar-refractivity contribution in [3.63, 3.8) is 0 Å². The summed E-state index contributed by atoms with van der Waals surface area (Å²) in [6, 6.07) is 11.5. The van der Waals surface area contributed by atoms with Crippen LogP contribution in [0.15, 0.2) is 35.3 Å². The SMILES string of the molecule is CCNC(=NCC(C)N1CCOCC1C)NCC(C)c1ccccc1. The monoisotopic (exact) mass is 346 g/mol. The molecule has 1 saturated heterocycles. The number of ether oxygens (including phenoxy) is 1. The maximum absolute atomic E-state index is 5.53. The lowest BCUT2D eigenvalue weighted by Crippen LogP contribution is -2.49. The third-order valence-electron chi connectivity index (χ3n) is 4.79. The molecule has 3 atom stereocenters. The van der Waals surface area contributed by atoms with E-state index in [2.05, 4.69) is 73.6 Å². The van der Waals surface area contributed by atoms with Crippen molar-refractivity contribution in [2.45, 2.75) is 45.7 Å². The molecule has 2 rings (SSSR count). The van der Waals surface area contributed by atoms with E-state index in [1.807, 2.05) is 0 Å². The predicted molar refractivity (Wildman–Crippen MR) is 105 cm³/mol. The lowest BCUT2D eigenvalue weighted by molar-refractivity contribution is -0.0165. The molecule has 0 aromatic heterocycles. The van der Waals surface area contributed by atoms with E-state index in [0.717, 1.165) is 45.4 Å². The Morgan fingerprint density at radius 2 is 2.04 bits per heavy atom. The number of aliphatic imine (C=N–C) groups is 1. The Bertz CT molecular complexity index is 520. The molecule has 0 radical (unpaired) electrons. The first-order valence-electron chi connectivity index (χ1n) is 9.52. The molecular weight excluding hydrogens is 312 g/mol. The topological polar surface area (TPSA) is 48.9 Å². The lowest BCUT2D eigenvalue weighted by Gasteiger charge is -2.37. The van der Waals surface area contributed by atoms with E-state index in [0.29, 0.717) is 18.0 Å². The molecule has 0 saturated carbocycles. The summed E-state index contributed by atoms with van der Waals surface area (Å²) in [6.07, 6.45) is 0. The Kier molecular flexibility index (Phi) is 8.22. The van der Waals surface area contributed by atoms with Crippen LogP contribution < -0.4 is 10.6 Å². The van der Waals surface area contributed by atoms with E-state index in [-0.39, 0.29) is 0 Å². The van der Waals surface area contributed by atoms with Crippen LogP contribution in [0, 0.1) is 0 Å². The molecule has 25 heavy (non-hydrogen) atoms. The van der Waals surface area contributed by atoms with Crippen molar-refractivity contribution >= 4 is 5.96 Å². The van der Waals surface area contributed by atoms with Crippen LogP contribution in [0.5, 0.6) is 0 Å². The van der Waals surface area contributed by atoms with Crippen molar-refractivity contribution in [1.29, 1.82) is 0 Å². The van der Waals surface area contributed by atoms with Gasteiger partial charge in [0.2, 0.25) is 0 Å². The van der Waals surface area contributed by atoms with Gasteiger partial charge in [0.25, 0.3) is 0 Å². The predicted octanol–water partition coefficient (Wildman–Crippen LogP) is 2.45. The fraction of sp³-hybridized carbons (Fsp3) is 0.650. The highest BCUT2D eigenvalue weighted by Gasteiger charge is 2.23. The minimum atomic E-state index is 0.418. The smallest absolute Gasteiger partial charge is 0.191 e. The van der Waals surface area contributed by atoms with Gasteiger partial charge in [0.05, 0.1) is 19.8 Å². The maximum atomic E-state index is 5.53. The molecule has 1 fully saturated rings. The summed E-state index contributed by atoms with van der Waals surface area (Å²) < 4.78 is 5.53. The number of benzene rings is 1. The second kappa shape index (κ2) is 10.4. The Morgan fingerprint density at radius 3 is 2.72 bits per heavy atom. The van der Waals surface area contributed by atoms with Crippen LogP contribution in [0.4, 0.5) is 0 Å². The van der Waals surface area contributed by atoms with Gasteiger partial charge < -0.3 is 15.4 Å². The van der Waals surface area contributed by atoms with E-state index in [4.69, 9.17) is 9.73 Å². The van der Waals surface area contributed by atoms with Crippen LogP contribution in [0.3, 0.4) is 0 Å². The number of guanidine groups is 1. The van der Waals surface area contributed by atoms with E-state index in [9.17, 15) is 0 Å². The molecule has 1 aromatic carbocycles. The quantitative estimate of drug-likeness (QED) is 0.588. The van der Waals surface area contributed by atoms with Crippen molar-refractivity contribution in [3.8, 4) is 0 Å². The van der Waals surface area contributed by atoms with Gasteiger partial charge in [0.15, 0.2) is 5.96 Å². The largest absolute Gasteiger partial charge is 0.379 e. The third kappa shape index (κ3) is 6.33. The van der Waals surface area contributed by atoms with Gasteiger partial charge in [-0.1, -0.05) is 37.3 Å². The zero-order valence-corrected chi connectivity index (χ0v) is 16.2. The molecule has 2 N–H and O–H groups in total. The molecule has 5 heteroatoms. The number of nitrogens with one attached hydrogen (secondary N) is 2. The molecule has 1 aliphatic rings. The van der Waals surface area contributed by atoms with Gasteiger partial charge in [-0.05, 0) is 32.3 Å². The molecule has 0 spiro atoms. The molecule has 0 amide bonds. The summed E-state index contributed by atoms with van der Waals surface area (Å²) in [5.74, 6) is 1.35. The van der Waals surface area contributed by atoms with Gasteiger partial charge >= 0.3 is 0 Å². The van der Waals surface area contributed by atoms with Crippen LogP contribution in [0.2, 0.25) is 0 Å². The number of nitrogens with zero attached hydrogens (tertiary/aromatic N) is 2. The van der Waals surface area contributed by atoms with Crippen LogP contribution in [-0.2, 0) is 4.74 Å². The average Bonchev–Trinajstić information content (AvgIpc) is 2.64. The van der Waals surface area contributed by atoms with Gasteiger partial charge in [-0.3, -0.25) is 9.89 Å². The fourth-order valence-electron chi connectivity index (χ4n) is 3.21. The molecule has 1 aromatic rings. The fourth-order valence-corrected chi connectivity index (χ4v) is 3.21. The van der Waals surface area contributed by atoms with Crippen LogP contribution in [-0.4, -0.2) is 62.3 Å². The number of hydrogen-bond donors (Lipinski definition) is 2.